The van der Waals surface area contributed by atoms with Gasteiger partial charge in [-0.1, -0.05) is 24.3 Å². The molecule has 0 bridgehead atoms. The first-order valence-electron chi connectivity index (χ1n) is 6.80. The van der Waals surface area contributed by atoms with Gasteiger partial charge in [0.05, 0.1) is 0 Å². The van der Waals surface area contributed by atoms with Crippen LogP contribution in [0, 0.1) is 18.6 Å². The Morgan fingerprint density at radius 2 is 1.36 bits per heavy atom. The second-order valence-corrected chi connectivity index (χ2v) is 5.07. The van der Waals surface area contributed by atoms with Crippen LogP contribution in [-0.4, -0.2) is 4.98 Å². The summed E-state index contributed by atoms with van der Waals surface area (Å²) in [6.45, 7) is 1.75. The second kappa shape index (κ2) is 5.56. The van der Waals surface area contributed by atoms with Crippen LogP contribution < -0.4 is 5.56 Å². The summed E-state index contributed by atoms with van der Waals surface area (Å²) in [6, 6.07) is 13.6. The number of halogens is 2. The Morgan fingerprint density at radius 1 is 0.818 bits per heavy atom. The zero-order chi connectivity index (χ0) is 15.7. The van der Waals surface area contributed by atoms with Crippen molar-refractivity contribution in [3.8, 4) is 22.3 Å². The molecule has 0 atom stereocenters. The number of rotatable bonds is 2. The molecule has 1 N–H and O–H groups in total. The lowest BCUT2D eigenvalue weighted by molar-refractivity contribution is 0.628. The maximum Gasteiger partial charge on any atom is 0.256 e. The van der Waals surface area contributed by atoms with Crippen LogP contribution in [0.5, 0.6) is 0 Å². The smallest absolute Gasteiger partial charge is 0.256 e. The van der Waals surface area contributed by atoms with Crippen molar-refractivity contribution >= 4 is 0 Å². The van der Waals surface area contributed by atoms with Gasteiger partial charge in [-0.05, 0) is 48.4 Å². The van der Waals surface area contributed by atoms with Crippen LogP contribution in [0.2, 0.25) is 0 Å². The van der Waals surface area contributed by atoms with E-state index in [0.29, 0.717) is 27.9 Å². The molecule has 1 aromatic heterocycles. The van der Waals surface area contributed by atoms with Crippen molar-refractivity contribution in [2.45, 2.75) is 6.92 Å². The first-order chi connectivity index (χ1) is 10.5. The minimum absolute atomic E-state index is 0.303. The van der Waals surface area contributed by atoms with Crippen molar-refractivity contribution in [3.05, 3.63) is 82.3 Å². The van der Waals surface area contributed by atoms with Gasteiger partial charge in [0, 0.05) is 16.8 Å². The Morgan fingerprint density at radius 3 is 1.91 bits per heavy atom. The molecule has 110 valence electrons. The van der Waals surface area contributed by atoms with E-state index in [9.17, 15) is 13.6 Å². The summed E-state index contributed by atoms with van der Waals surface area (Å²) in [5.41, 5.74) is 2.53. The van der Waals surface area contributed by atoms with E-state index in [1.54, 1.807) is 37.3 Å². The molecule has 0 amide bonds. The van der Waals surface area contributed by atoms with Crippen LogP contribution in [0.3, 0.4) is 0 Å². The molecule has 22 heavy (non-hydrogen) atoms. The first-order valence-corrected chi connectivity index (χ1v) is 6.80. The lowest BCUT2D eigenvalue weighted by Gasteiger charge is -2.09. The zero-order valence-corrected chi connectivity index (χ0v) is 11.9. The number of aromatic nitrogens is 1. The maximum atomic E-state index is 13.4. The molecular weight excluding hydrogens is 284 g/mol. The fraction of sp³-hybridized carbons (Fsp3) is 0.0556. The molecule has 0 aliphatic rings. The van der Waals surface area contributed by atoms with Gasteiger partial charge in [0.2, 0.25) is 0 Å². The number of H-pyrrole nitrogens is 1. The predicted octanol–water partition coefficient (Wildman–Crippen LogP) is 4.30. The van der Waals surface area contributed by atoms with E-state index in [1.165, 1.54) is 24.3 Å². The number of aromatic amines is 1. The quantitative estimate of drug-likeness (QED) is 0.751. The molecule has 0 spiro atoms. The highest BCUT2D eigenvalue weighted by Crippen LogP contribution is 2.26. The van der Waals surface area contributed by atoms with Crippen LogP contribution in [-0.2, 0) is 0 Å². The van der Waals surface area contributed by atoms with E-state index in [1.807, 2.05) is 0 Å². The molecule has 0 saturated heterocycles. The highest BCUT2D eigenvalue weighted by atomic mass is 19.1. The molecule has 0 unspecified atom stereocenters. The fourth-order valence-electron chi connectivity index (χ4n) is 2.45. The average molecular weight is 297 g/mol. The van der Waals surface area contributed by atoms with Crippen molar-refractivity contribution in [2.24, 2.45) is 0 Å². The van der Waals surface area contributed by atoms with Crippen molar-refractivity contribution in [3.63, 3.8) is 0 Å². The minimum Gasteiger partial charge on any atom is -0.325 e. The number of hydrogen-bond acceptors (Lipinski definition) is 1. The average Bonchev–Trinajstić information content (AvgIpc) is 2.47. The third kappa shape index (κ3) is 2.68. The van der Waals surface area contributed by atoms with Gasteiger partial charge < -0.3 is 4.98 Å². The minimum atomic E-state index is -0.412. The first kappa shape index (κ1) is 14.2. The summed E-state index contributed by atoms with van der Waals surface area (Å²) in [4.78, 5) is 14.9. The van der Waals surface area contributed by atoms with Gasteiger partial charge in [0.25, 0.3) is 5.56 Å². The summed E-state index contributed by atoms with van der Waals surface area (Å²) < 4.78 is 26.8. The molecule has 0 fully saturated rings. The molecule has 0 aliphatic carbocycles. The Kier molecular flexibility index (Phi) is 3.59. The van der Waals surface area contributed by atoms with Gasteiger partial charge in [-0.15, -0.1) is 0 Å². The van der Waals surface area contributed by atoms with Gasteiger partial charge in [0.1, 0.15) is 11.6 Å². The predicted molar refractivity (Wildman–Crippen MR) is 82.6 cm³/mol. The molecule has 2 nitrogen and oxygen atoms in total. The van der Waals surface area contributed by atoms with E-state index >= 15 is 0 Å². The molecule has 0 saturated carbocycles. The normalized spacial score (nSPS) is 10.7. The van der Waals surface area contributed by atoms with Gasteiger partial charge in [-0.3, -0.25) is 4.79 Å². The van der Waals surface area contributed by atoms with Crippen molar-refractivity contribution in [1.29, 1.82) is 0 Å². The molecule has 2 aromatic carbocycles. The number of aryl methyl sites for hydroxylation is 1. The van der Waals surface area contributed by atoms with Gasteiger partial charge >= 0.3 is 0 Å². The van der Waals surface area contributed by atoms with E-state index in [0.717, 1.165) is 0 Å². The number of benzene rings is 2. The summed E-state index contributed by atoms with van der Waals surface area (Å²) in [6.07, 6.45) is 0. The Bertz CT molecular complexity index is 900. The van der Waals surface area contributed by atoms with E-state index in [-0.39, 0.29) is 11.4 Å². The van der Waals surface area contributed by atoms with Gasteiger partial charge in [-0.25, -0.2) is 8.78 Å². The SMILES string of the molecule is Cc1[nH]c(=O)c(-c2cccc(F)c2)cc1-c1cccc(F)c1. The monoisotopic (exact) mass is 297 g/mol. The lowest BCUT2D eigenvalue weighted by Crippen LogP contribution is -2.11. The highest BCUT2D eigenvalue weighted by molar-refractivity contribution is 5.73. The summed E-state index contributed by atoms with van der Waals surface area (Å²) in [5.74, 6) is -0.764. The fourth-order valence-corrected chi connectivity index (χ4v) is 2.45. The van der Waals surface area contributed by atoms with Crippen LogP contribution >= 0.6 is 0 Å². The van der Waals surface area contributed by atoms with Gasteiger partial charge in [-0.2, -0.15) is 0 Å². The zero-order valence-electron chi connectivity index (χ0n) is 11.9. The Hall–Kier alpha value is -2.75. The Labute approximate surface area is 126 Å². The summed E-state index contributed by atoms with van der Waals surface area (Å²) >= 11 is 0. The standard InChI is InChI=1S/C18H13F2NO/c1-11-16(12-4-2-6-14(19)8-12)10-17(18(22)21-11)13-5-3-7-15(20)9-13/h2-10H,1H3,(H,21,22). The van der Waals surface area contributed by atoms with Gasteiger partial charge in [0.15, 0.2) is 0 Å². The van der Waals surface area contributed by atoms with Crippen LogP contribution in [0.4, 0.5) is 8.78 Å². The van der Waals surface area contributed by atoms with Crippen molar-refractivity contribution in [2.75, 3.05) is 0 Å². The topological polar surface area (TPSA) is 32.9 Å². The third-order valence-electron chi connectivity index (χ3n) is 3.51. The Balaban J connectivity index is 2.22. The van der Waals surface area contributed by atoms with Crippen LogP contribution in [0.15, 0.2) is 59.4 Å². The molecule has 4 heteroatoms. The molecular formula is C18H13F2NO. The number of hydrogen-bond donors (Lipinski definition) is 1. The molecule has 3 aromatic rings. The summed E-state index contributed by atoms with van der Waals surface area (Å²) in [5, 5.41) is 0. The highest BCUT2D eigenvalue weighted by Gasteiger charge is 2.10. The lowest BCUT2D eigenvalue weighted by atomic mass is 9.99. The van der Waals surface area contributed by atoms with E-state index in [2.05, 4.69) is 4.98 Å². The molecule has 1 heterocycles. The van der Waals surface area contributed by atoms with E-state index < -0.39 is 5.82 Å². The largest absolute Gasteiger partial charge is 0.325 e. The van der Waals surface area contributed by atoms with E-state index in [4.69, 9.17) is 0 Å². The van der Waals surface area contributed by atoms with Crippen LogP contribution in [0.25, 0.3) is 22.3 Å². The molecule has 3 rings (SSSR count). The third-order valence-corrected chi connectivity index (χ3v) is 3.51. The number of pyridine rings is 1. The van der Waals surface area contributed by atoms with Crippen molar-refractivity contribution < 1.29 is 8.78 Å². The summed E-state index contributed by atoms with van der Waals surface area (Å²) in [7, 11) is 0. The van der Waals surface area contributed by atoms with Crippen LogP contribution in [0.1, 0.15) is 5.69 Å². The van der Waals surface area contributed by atoms with Crippen molar-refractivity contribution in [1.82, 2.24) is 4.98 Å². The molecule has 0 aliphatic heterocycles. The molecule has 0 radical (unpaired) electrons. The maximum absolute atomic E-state index is 13.4. The number of nitrogens with one attached hydrogen (secondary N) is 1. The second-order valence-electron chi connectivity index (χ2n) is 5.07.